The zero-order valence-corrected chi connectivity index (χ0v) is 17.5. The predicted molar refractivity (Wildman–Crippen MR) is 115 cm³/mol. The first-order valence-electron chi connectivity index (χ1n) is 10.3. The molecule has 1 aliphatic rings. The first-order chi connectivity index (χ1) is 14.9. The van der Waals surface area contributed by atoms with E-state index < -0.39 is 11.9 Å². The van der Waals surface area contributed by atoms with Gasteiger partial charge in [0.15, 0.2) is 6.10 Å². The van der Waals surface area contributed by atoms with Gasteiger partial charge >= 0.3 is 0 Å². The second kappa shape index (κ2) is 8.71. The molecule has 0 radical (unpaired) electrons. The van der Waals surface area contributed by atoms with Gasteiger partial charge in [0.25, 0.3) is 11.8 Å². The van der Waals surface area contributed by atoms with Gasteiger partial charge in [-0.2, -0.15) is 0 Å². The molecule has 1 fully saturated rings. The van der Waals surface area contributed by atoms with Crippen molar-refractivity contribution < 1.29 is 18.7 Å². The fraction of sp³-hybridized carbons (Fsp3) is 0.292. The maximum atomic E-state index is 13.5. The van der Waals surface area contributed by atoms with Crippen molar-refractivity contribution in [3.63, 3.8) is 0 Å². The summed E-state index contributed by atoms with van der Waals surface area (Å²) in [6.07, 6.45) is 1.03. The van der Waals surface area contributed by atoms with Crippen LogP contribution in [0.5, 0.6) is 5.75 Å². The molecule has 0 N–H and O–H groups in total. The fourth-order valence-electron chi connectivity index (χ4n) is 3.93. The third kappa shape index (κ3) is 4.35. The number of piperazine rings is 1. The Labute approximate surface area is 180 Å². The molecule has 0 unspecified atom stereocenters. The Morgan fingerprint density at radius 3 is 2.71 bits per heavy atom. The molecule has 1 saturated heterocycles. The van der Waals surface area contributed by atoms with Gasteiger partial charge < -0.3 is 14.5 Å². The smallest absolute Gasteiger partial charge is 0.263 e. The van der Waals surface area contributed by atoms with Crippen LogP contribution in [0.25, 0.3) is 10.9 Å². The normalized spacial score (nSPS) is 17.5. The molecule has 160 valence electrons. The SMILES string of the molecule is C[C@H](Oc1cccc2ncccc12)C(=O)N1CCN(C(=O)c2cccc(F)c2)C[C@H]1C. The number of hydrogen-bond donors (Lipinski definition) is 0. The van der Waals surface area contributed by atoms with E-state index in [1.807, 2.05) is 37.3 Å². The molecule has 0 bridgehead atoms. The Bertz CT molecular complexity index is 1110. The molecule has 0 saturated carbocycles. The molecule has 1 aliphatic heterocycles. The van der Waals surface area contributed by atoms with E-state index in [0.29, 0.717) is 30.9 Å². The van der Waals surface area contributed by atoms with E-state index in [-0.39, 0.29) is 17.9 Å². The van der Waals surface area contributed by atoms with Crippen LogP contribution in [0.3, 0.4) is 0 Å². The van der Waals surface area contributed by atoms with E-state index in [4.69, 9.17) is 4.74 Å². The molecule has 6 nitrogen and oxygen atoms in total. The van der Waals surface area contributed by atoms with E-state index in [2.05, 4.69) is 4.98 Å². The van der Waals surface area contributed by atoms with Gasteiger partial charge in [-0.1, -0.05) is 12.1 Å². The Balaban J connectivity index is 1.42. The zero-order valence-electron chi connectivity index (χ0n) is 17.5. The van der Waals surface area contributed by atoms with Gasteiger partial charge in [-0.3, -0.25) is 14.6 Å². The molecule has 7 heteroatoms. The van der Waals surface area contributed by atoms with Crippen LogP contribution in [-0.2, 0) is 4.79 Å². The van der Waals surface area contributed by atoms with Crippen LogP contribution >= 0.6 is 0 Å². The summed E-state index contributed by atoms with van der Waals surface area (Å²) in [4.78, 5) is 33.5. The van der Waals surface area contributed by atoms with Crippen molar-refractivity contribution in [2.75, 3.05) is 19.6 Å². The summed E-state index contributed by atoms with van der Waals surface area (Å²) >= 11 is 0. The number of amides is 2. The average Bonchev–Trinajstić information content (AvgIpc) is 2.78. The summed E-state index contributed by atoms with van der Waals surface area (Å²) in [5.41, 5.74) is 1.12. The number of carbonyl (C=O) groups is 2. The first kappa shape index (κ1) is 20.8. The highest BCUT2D eigenvalue weighted by Gasteiger charge is 2.33. The van der Waals surface area contributed by atoms with Gasteiger partial charge in [-0.05, 0) is 56.3 Å². The minimum absolute atomic E-state index is 0.133. The molecule has 4 rings (SSSR count). The number of carbonyl (C=O) groups excluding carboxylic acids is 2. The summed E-state index contributed by atoms with van der Waals surface area (Å²) in [7, 11) is 0. The Morgan fingerprint density at radius 1 is 1.13 bits per heavy atom. The zero-order chi connectivity index (χ0) is 22.0. The summed E-state index contributed by atoms with van der Waals surface area (Å²) in [6.45, 7) is 4.79. The maximum absolute atomic E-state index is 13.5. The highest BCUT2D eigenvalue weighted by molar-refractivity contribution is 5.94. The van der Waals surface area contributed by atoms with Crippen LogP contribution in [0.2, 0.25) is 0 Å². The van der Waals surface area contributed by atoms with E-state index in [1.54, 1.807) is 29.0 Å². The van der Waals surface area contributed by atoms with Gasteiger partial charge in [-0.25, -0.2) is 4.39 Å². The number of aromatic nitrogens is 1. The number of fused-ring (bicyclic) bond motifs is 1. The number of pyridine rings is 1. The highest BCUT2D eigenvalue weighted by Crippen LogP contribution is 2.25. The monoisotopic (exact) mass is 421 g/mol. The average molecular weight is 421 g/mol. The fourth-order valence-corrected chi connectivity index (χ4v) is 3.93. The van der Waals surface area contributed by atoms with Crippen molar-refractivity contribution in [2.24, 2.45) is 0 Å². The quantitative estimate of drug-likeness (QED) is 0.647. The van der Waals surface area contributed by atoms with Gasteiger partial charge in [0.1, 0.15) is 11.6 Å². The number of ether oxygens (including phenoxy) is 1. The molecule has 1 aromatic heterocycles. The lowest BCUT2D eigenvalue weighted by Gasteiger charge is -2.40. The van der Waals surface area contributed by atoms with E-state index in [0.717, 1.165) is 10.9 Å². The molecule has 31 heavy (non-hydrogen) atoms. The van der Waals surface area contributed by atoms with Crippen LogP contribution in [0.4, 0.5) is 4.39 Å². The molecule has 0 aliphatic carbocycles. The van der Waals surface area contributed by atoms with Crippen molar-refractivity contribution in [1.82, 2.24) is 14.8 Å². The minimum atomic E-state index is -0.682. The predicted octanol–water partition coefficient (Wildman–Crippen LogP) is 3.51. The van der Waals surface area contributed by atoms with Gasteiger partial charge in [-0.15, -0.1) is 0 Å². The molecular weight excluding hydrogens is 397 g/mol. The Morgan fingerprint density at radius 2 is 1.94 bits per heavy atom. The highest BCUT2D eigenvalue weighted by atomic mass is 19.1. The molecule has 3 aromatic rings. The summed E-state index contributed by atoms with van der Waals surface area (Å²) in [6, 6.07) is 14.8. The number of hydrogen-bond acceptors (Lipinski definition) is 4. The molecular formula is C24H24FN3O3. The number of rotatable bonds is 4. The summed E-state index contributed by atoms with van der Waals surface area (Å²) < 4.78 is 19.5. The lowest BCUT2D eigenvalue weighted by molar-refractivity contribution is -0.142. The van der Waals surface area contributed by atoms with Crippen LogP contribution < -0.4 is 4.74 Å². The lowest BCUT2D eigenvalue weighted by atomic mass is 10.1. The standard InChI is InChI=1S/C24H24FN3O3/c1-16-15-27(24(30)18-6-3-7-19(25)14-18)12-13-28(16)23(29)17(2)31-22-10-4-9-21-20(22)8-5-11-26-21/h3-11,14,16-17H,12-13,15H2,1-2H3/t16-,17+/m1/s1. The van der Waals surface area contributed by atoms with Crippen molar-refractivity contribution >= 4 is 22.7 Å². The number of nitrogens with zero attached hydrogens (tertiary/aromatic N) is 3. The van der Waals surface area contributed by atoms with Crippen molar-refractivity contribution in [3.8, 4) is 5.75 Å². The third-order valence-corrected chi connectivity index (χ3v) is 5.53. The van der Waals surface area contributed by atoms with Gasteiger partial charge in [0, 0.05) is 42.8 Å². The third-order valence-electron chi connectivity index (χ3n) is 5.53. The van der Waals surface area contributed by atoms with Crippen LogP contribution in [-0.4, -0.2) is 58.4 Å². The van der Waals surface area contributed by atoms with Crippen molar-refractivity contribution in [3.05, 3.63) is 72.2 Å². The summed E-state index contributed by atoms with van der Waals surface area (Å²) in [5.74, 6) is -0.196. The largest absolute Gasteiger partial charge is 0.480 e. The Kier molecular flexibility index (Phi) is 5.84. The van der Waals surface area contributed by atoms with Crippen LogP contribution in [0.1, 0.15) is 24.2 Å². The van der Waals surface area contributed by atoms with Gasteiger partial charge in [0.2, 0.25) is 0 Å². The topological polar surface area (TPSA) is 62.7 Å². The number of benzene rings is 2. The second-order valence-corrected chi connectivity index (χ2v) is 7.73. The molecule has 2 heterocycles. The van der Waals surface area contributed by atoms with E-state index in [1.165, 1.54) is 18.2 Å². The van der Waals surface area contributed by atoms with Crippen molar-refractivity contribution in [2.45, 2.75) is 26.0 Å². The molecule has 2 atom stereocenters. The summed E-state index contributed by atoms with van der Waals surface area (Å²) in [5, 5.41) is 0.850. The second-order valence-electron chi connectivity index (χ2n) is 7.73. The lowest BCUT2D eigenvalue weighted by Crippen LogP contribution is -2.57. The van der Waals surface area contributed by atoms with Gasteiger partial charge in [0.05, 0.1) is 5.52 Å². The number of halogens is 1. The molecule has 0 spiro atoms. The molecule has 2 amide bonds. The Hall–Kier alpha value is -3.48. The molecule has 2 aromatic carbocycles. The van der Waals surface area contributed by atoms with E-state index in [9.17, 15) is 14.0 Å². The first-order valence-corrected chi connectivity index (χ1v) is 10.3. The van der Waals surface area contributed by atoms with Crippen molar-refractivity contribution in [1.29, 1.82) is 0 Å². The van der Waals surface area contributed by atoms with Crippen LogP contribution in [0.15, 0.2) is 60.8 Å². The van der Waals surface area contributed by atoms with E-state index >= 15 is 0 Å². The minimum Gasteiger partial charge on any atom is -0.480 e. The maximum Gasteiger partial charge on any atom is 0.263 e. The van der Waals surface area contributed by atoms with Crippen LogP contribution in [0, 0.1) is 5.82 Å².